The Morgan fingerprint density at radius 3 is 2.67 bits per heavy atom. The molecule has 1 fully saturated rings. The number of para-hydroxylation sites is 1. The lowest BCUT2D eigenvalue weighted by atomic mass is 10.1. The first-order chi connectivity index (χ1) is 9.94. The number of Topliss-reactive ketones (excluding diaryl/α,β-unsaturated/α-hetero) is 1. The predicted octanol–water partition coefficient (Wildman–Crippen LogP) is 3.38. The molecule has 3 nitrogen and oxygen atoms in total. The van der Waals surface area contributed by atoms with Crippen molar-refractivity contribution in [2.45, 2.75) is 25.1 Å². The third kappa shape index (κ3) is 3.26. The van der Waals surface area contributed by atoms with Gasteiger partial charge in [0, 0.05) is 28.7 Å². The van der Waals surface area contributed by atoms with Crippen LogP contribution >= 0.6 is 0 Å². The summed E-state index contributed by atoms with van der Waals surface area (Å²) in [6, 6.07) is 7.17. The van der Waals surface area contributed by atoms with Crippen molar-refractivity contribution < 1.29 is 18.0 Å². The van der Waals surface area contributed by atoms with Crippen LogP contribution in [-0.2, 0) is 0 Å². The summed E-state index contributed by atoms with van der Waals surface area (Å²) < 4.78 is 37.7. The van der Waals surface area contributed by atoms with Crippen molar-refractivity contribution in [1.29, 1.82) is 0 Å². The summed E-state index contributed by atoms with van der Waals surface area (Å²) >= 11 is 0. The number of rotatable bonds is 5. The second-order valence-electron chi connectivity index (χ2n) is 5.42. The summed E-state index contributed by atoms with van der Waals surface area (Å²) in [5.41, 5.74) is 1.27. The zero-order chi connectivity index (χ0) is 15.0. The van der Waals surface area contributed by atoms with Gasteiger partial charge in [-0.15, -0.1) is 0 Å². The molecule has 1 aromatic carbocycles. The van der Waals surface area contributed by atoms with E-state index in [-0.39, 0.29) is 18.4 Å². The maximum absolute atomic E-state index is 12.6. The van der Waals surface area contributed by atoms with E-state index in [1.165, 1.54) is 4.90 Å². The molecule has 1 aliphatic rings. The van der Waals surface area contributed by atoms with Crippen LogP contribution in [0.25, 0.3) is 10.9 Å². The van der Waals surface area contributed by atoms with Gasteiger partial charge in [0.25, 0.3) is 0 Å². The summed E-state index contributed by atoms with van der Waals surface area (Å²) in [5.74, 6) is -0.274. The lowest BCUT2D eigenvalue weighted by Gasteiger charge is -2.22. The normalized spacial score (nSPS) is 15.8. The number of hydrogen-bond donors (Lipinski definition) is 1. The minimum atomic E-state index is -4.27. The number of hydrogen-bond acceptors (Lipinski definition) is 2. The molecule has 112 valence electrons. The first-order valence-corrected chi connectivity index (χ1v) is 6.84. The molecule has 0 unspecified atom stereocenters. The first kappa shape index (κ1) is 14.1. The van der Waals surface area contributed by atoms with Gasteiger partial charge >= 0.3 is 6.18 Å². The zero-order valence-electron chi connectivity index (χ0n) is 11.3. The van der Waals surface area contributed by atoms with E-state index in [0.29, 0.717) is 5.56 Å². The molecule has 1 aromatic heterocycles. The molecule has 0 spiro atoms. The molecule has 0 bridgehead atoms. The third-order valence-corrected chi connectivity index (χ3v) is 3.68. The van der Waals surface area contributed by atoms with Crippen molar-refractivity contribution in [3.8, 4) is 0 Å². The molecule has 0 saturated heterocycles. The van der Waals surface area contributed by atoms with E-state index in [1.54, 1.807) is 18.3 Å². The van der Waals surface area contributed by atoms with Gasteiger partial charge in [-0.3, -0.25) is 9.69 Å². The first-order valence-electron chi connectivity index (χ1n) is 6.84. The largest absolute Gasteiger partial charge is 0.401 e. The molecule has 2 aromatic rings. The van der Waals surface area contributed by atoms with Crippen molar-refractivity contribution in [3.05, 3.63) is 36.0 Å². The second kappa shape index (κ2) is 5.18. The monoisotopic (exact) mass is 296 g/mol. The van der Waals surface area contributed by atoms with Crippen LogP contribution in [0.2, 0.25) is 0 Å². The van der Waals surface area contributed by atoms with Gasteiger partial charge in [-0.05, 0) is 18.9 Å². The average molecular weight is 296 g/mol. The van der Waals surface area contributed by atoms with Crippen LogP contribution in [0.15, 0.2) is 30.5 Å². The Bertz CT molecular complexity index is 658. The van der Waals surface area contributed by atoms with E-state index >= 15 is 0 Å². The molecule has 0 aliphatic heterocycles. The highest BCUT2D eigenvalue weighted by Gasteiger charge is 2.38. The lowest BCUT2D eigenvalue weighted by molar-refractivity contribution is -0.145. The molecule has 1 aliphatic carbocycles. The van der Waals surface area contributed by atoms with E-state index in [1.807, 2.05) is 12.1 Å². The van der Waals surface area contributed by atoms with Gasteiger partial charge in [-0.1, -0.05) is 18.2 Å². The maximum atomic E-state index is 12.6. The molecule has 21 heavy (non-hydrogen) atoms. The minimum absolute atomic E-state index is 0.110. The fraction of sp³-hybridized carbons (Fsp3) is 0.400. The third-order valence-electron chi connectivity index (χ3n) is 3.68. The van der Waals surface area contributed by atoms with E-state index in [0.717, 1.165) is 23.7 Å². The fourth-order valence-corrected chi connectivity index (χ4v) is 2.56. The highest BCUT2D eigenvalue weighted by Crippen LogP contribution is 2.30. The topological polar surface area (TPSA) is 36.1 Å². The number of aromatic nitrogens is 1. The highest BCUT2D eigenvalue weighted by molar-refractivity contribution is 6.08. The standard InChI is InChI=1S/C15H15F3N2O/c16-15(17,18)9-20(10-5-6-10)8-14(21)12-7-19-13-4-2-1-3-11(12)13/h1-4,7,10,19H,5-6,8-9H2. The van der Waals surface area contributed by atoms with Gasteiger partial charge in [-0.2, -0.15) is 13.2 Å². The number of carbonyl (C=O) groups excluding carboxylic acids is 1. The Balaban J connectivity index is 1.78. The van der Waals surface area contributed by atoms with Gasteiger partial charge < -0.3 is 4.98 Å². The summed E-state index contributed by atoms with van der Waals surface area (Å²) in [6.07, 6.45) is -1.23. The Labute approximate surface area is 119 Å². The van der Waals surface area contributed by atoms with E-state index in [4.69, 9.17) is 0 Å². The predicted molar refractivity (Wildman–Crippen MR) is 73.3 cm³/mol. The Hall–Kier alpha value is -1.82. The van der Waals surface area contributed by atoms with Crippen LogP contribution in [0.4, 0.5) is 13.2 Å². The summed E-state index contributed by atoms with van der Waals surface area (Å²) in [5, 5.41) is 0.755. The average Bonchev–Trinajstić information content (AvgIpc) is 3.16. The molecule has 1 N–H and O–H groups in total. The molecular formula is C15H15F3N2O. The Morgan fingerprint density at radius 2 is 2.00 bits per heavy atom. The van der Waals surface area contributed by atoms with E-state index < -0.39 is 12.7 Å². The van der Waals surface area contributed by atoms with Crippen LogP contribution in [0.5, 0.6) is 0 Å². The summed E-state index contributed by atoms with van der Waals surface area (Å²) in [4.78, 5) is 16.5. The number of carbonyl (C=O) groups is 1. The molecule has 6 heteroatoms. The van der Waals surface area contributed by atoms with Crippen LogP contribution in [0.1, 0.15) is 23.2 Å². The number of fused-ring (bicyclic) bond motifs is 1. The number of H-pyrrole nitrogens is 1. The van der Waals surface area contributed by atoms with Gasteiger partial charge in [0.15, 0.2) is 5.78 Å². The van der Waals surface area contributed by atoms with E-state index in [2.05, 4.69) is 4.98 Å². The Kier molecular flexibility index (Phi) is 3.49. The van der Waals surface area contributed by atoms with Crippen molar-refractivity contribution >= 4 is 16.7 Å². The molecule has 1 heterocycles. The van der Waals surface area contributed by atoms with Gasteiger partial charge in [0.05, 0.1) is 13.1 Å². The Morgan fingerprint density at radius 1 is 1.29 bits per heavy atom. The van der Waals surface area contributed by atoms with E-state index in [9.17, 15) is 18.0 Å². The molecular weight excluding hydrogens is 281 g/mol. The quantitative estimate of drug-likeness (QED) is 0.859. The second-order valence-corrected chi connectivity index (χ2v) is 5.42. The SMILES string of the molecule is O=C(CN(CC(F)(F)F)C1CC1)c1c[nH]c2ccccc12. The lowest BCUT2D eigenvalue weighted by Crippen LogP contribution is -2.39. The molecule has 3 rings (SSSR count). The van der Waals surface area contributed by atoms with Crippen LogP contribution in [-0.4, -0.2) is 41.0 Å². The van der Waals surface area contributed by atoms with Gasteiger partial charge in [-0.25, -0.2) is 0 Å². The minimum Gasteiger partial charge on any atom is -0.360 e. The van der Waals surface area contributed by atoms with Crippen molar-refractivity contribution in [1.82, 2.24) is 9.88 Å². The van der Waals surface area contributed by atoms with Crippen molar-refractivity contribution in [3.63, 3.8) is 0 Å². The smallest absolute Gasteiger partial charge is 0.360 e. The van der Waals surface area contributed by atoms with Crippen molar-refractivity contribution in [2.75, 3.05) is 13.1 Å². The molecule has 0 radical (unpaired) electrons. The number of halogens is 3. The van der Waals surface area contributed by atoms with Crippen LogP contribution in [0.3, 0.4) is 0 Å². The summed E-state index contributed by atoms with van der Waals surface area (Å²) in [7, 11) is 0. The zero-order valence-corrected chi connectivity index (χ0v) is 11.3. The maximum Gasteiger partial charge on any atom is 0.401 e. The van der Waals surface area contributed by atoms with Crippen molar-refractivity contribution in [2.24, 2.45) is 0 Å². The molecule has 1 saturated carbocycles. The number of benzene rings is 1. The van der Waals surface area contributed by atoms with Crippen LogP contribution in [0, 0.1) is 0 Å². The molecule has 0 amide bonds. The fourth-order valence-electron chi connectivity index (χ4n) is 2.56. The van der Waals surface area contributed by atoms with Gasteiger partial charge in [0.2, 0.25) is 0 Å². The number of nitrogens with one attached hydrogen (secondary N) is 1. The van der Waals surface area contributed by atoms with Crippen LogP contribution < -0.4 is 0 Å². The summed E-state index contributed by atoms with van der Waals surface area (Å²) in [6.45, 7) is -1.21. The molecule has 0 atom stereocenters. The number of aromatic amines is 1. The number of ketones is 1. The number of nitrogens with zero attached hydrogens (tertiary/aromatic N) is 1. The number of alkyl halides is 3. The van der Waals surface area contributed by atoms with Gasteiger partial charge in [0.1, 0.15) is 0 Å². The highest BCUT2D eigenvalue weighted by atomic mass is 19.4.